The molecule has 0 spiro atoms. The molecule has 0 heterocycles. The fraction of sp³-hybridized carbons (Fsp3) is 0.571. The van der Waals surface area contributed by atoms with Gasteiger partial charge in [-0.1, -0.05) is 56.0 Å². The second-order valence-electron chi connectivity index (χ2n) is 4.77. The molecular formula is C14H21Cl2N. The summed E-state index contributed by atoms with van der Waals surface area (Å²) < 4.78 is 0. The maximum Gasteiger partial charge on any atom is 0.0465 e. The van der Waals surface area contributed by atoms with Crippen molar-refractivity contribution in [3.63, 3.8) is 0 Å². The van der Waals surface area contributed by atoms with Gasteiger partial charge >= 0.3 is 0 Å². The van der Waals surface area contributed by atoms with Gasteiger partial charge in [-0.3, -0.25) is 0 Å². The van der Waals surface area contributed by atoms with Gasteiger partial charge in [0.2, 0.25) is 0 Å². The van der Waals surface area contributed by atoms with Crippen LogP contribution in [-0.4, -0.2) is 6.54 Å². The van der Waals surface area contributed by atoms with E-state index in [1.54, 1.807) is 0 Å². The van der Waals surface area contributed by atoms with Crippen LogP contribution in [0.3, 0.4) is 0 Å². The van der Waals surface area contributed by atoms with Crippen molar-refractivity contribution in [1.82, 2.24) is 5.32 Å². The first-order valence-electron chi connectivity index (χ1n) is 6.25. The van der Waals surface area contributed by atoms with Gasteiger partial charge in [0.1, 0.15) is 0 Å². The second-order valence-corrected chi connectivity index (χ2v) is 5.58. The van der Waals surface area contributed by atoms with E-state index in [1.165, 1.54) is 19.3 Å². The van der Waals surface area contributed by atoms with E-state index < -0.39 is 0 Å². The maximum absolute atomic E-state index is 6.09. The van der Waals surface area contributed by atoms with Crippen LogP contribution in [0.15, 0.2) is 18.2 Å². The summed E-state index contributed by atoms with van der Waals surface area (Å²) >= 11 is 12.2. The largest absolute Gasteiger partial charge is 0.313 e. The Hall–Kier alpha value is -0.240. The number of rotatable bonds is 7. The molecule has 0 aliphatic carbocycles. The molecule has 1 nitrogen and oxygen atoms in total. The highest BCUT2D eigenvalue weighted by Crippen LogP contribution is 2.23. The van der Waals surface area contributed by atoms with Gasteiger partial charge in [0.05, 0.1) is 0 Å². The van der Waals surface area contributed by atoms with Crippen LogP contribution >= 0.6 is 23.2 Å². The lowest BCUT2D eigenvalue weighted by Crippen LogP contribution is -2.15. The van der Waals surface area contributed by atoms with E-state index in [-0.39, 0.29) is 0 Å². The minimum atomic E-state index is 0.743. The summed E-state index contributed by atoms with van der Waals surface area (Å²) in [5.41, 5.74) is 1.000. The Morgan fingerprint density at radius 3 is 2.35 bits per heavy atom. The number of hydrogen-bond donors (Lipinski definition) is 1. The van der Waals surface area contributed by atoms with E-state index in [2.05, 4.69) is 19.2 Å². The molecule has 1 aromatic rings. The molecule has 0 saturated heterocycles. The monoisotopic (exact) mass is 273 g/mol. The molecule has 0 atom stereocenters. The normalized spacial score (nSPS) is 11.1. The first-order valence-corrected chi connectivity index (χ1v) is 7.00. The quantitative estimate of drug-likeness (QED) is 0.697. The Morgan fingerprint density at radius 1 is 1.12 bits per heavy atom. The molecule has 0 unspecified atom stereocenters. The van der Waals surface area contributed by atoms with Crippen LogP contribution in [-0.2, 0) is 6.54 Å². The van der Waals surface area contributed by atoms with Gasteiger partial charge in [-0.25, -0.2) is 0 Å². The maximum atomic E-state index is 6.09. The molecule has 3 heteroatoms. The minimum Gasteiger partial charge on any atom is -0.313 e. The number of unbranched alkanes of at least 4 members (excludes halogenated alkanes) is 1. The van der Waals surface area contributed by atoms with E-state index in [9.17, 15) is 0 Å². The topological polar surface area (TPSA) is 12.0 Å². The van der Waals surface area contributed by atoms with Gasteiger partial charge < -0.3 is 5.32 Å². The summed E-state index contributed by atoms with van der Waals surface area (Å²) in [6.45, 7) is 6.29. The van der Waals surface area contributed by atoms with Gasteiger partial charge in [0.25, 0.3) is 0 Å². The van der Waals surface area contributed by atoms with Crippen molar-refractivity contribution >= 4 is 23.2 Å². The Kier molecular flexibility index (Phi) is 6.94. The molecule has 0 fully saturated rings. The summed E-state index contributed by atoms with van der Waals surface area (Å²) in [5.74, 6) is 0.799. The lowest BCUT2D eigenvalue weighted by molar-refractivity contribution is 0.520. The van der Waals surface area contributed by atoms with Gasteiger partial charge in [-0.2, -0.15) is 0 Å². The van der Waals surface area contributed by atoms with Crippen molar-refractivity contribution in [3.05, 3.63) is 33.8 Å². The van der Waals surface area contributed by atoms with Crippen molar-refractivity contribution in [3.8, 4) is 0 Å². The molecule has 0 aromatic heterocycles. The van der Waals surface area contributed by atoms with Crippen LogP contribution in [0.5, 0.6) is 0 Å². The molecule has 0 saturated carbocycles. The predicted molar refractivity (Wildman–Crippen MR) is 76.9 cm³/mol. The summed E-state index contributed by atoms with van der Waals surface area (Å²) in [6.07, 6.45) is 3.79. The predicted octanol–water partition coefficient (Wildman–Crippen LogP) is 4.91. The fourth-order valence-corrected chi connectivity index (χ4v) is 2.25. The highest BCUT2D eigenvalue weighted by atomic mass is 35.5. The fourth-order valence-electron chi connectivity index (χ4n) is 1.72. The number of nitrogens with one attached hydrogen (secondary N) is 1. The van der Waals surface area contributed by atoms with E-state index in [4.69, 9.17) is 23.2 Å². The molecule has 1 rings (SSSR count). The Labute approximate surface area is 115 Å². The van der Waals surface area contributed by atoms with Crippen molar-refractivity contribution in [1.29, 1.82) is 0 Å². The second kappa shape index (κ2) is 7.97. The lowest BCUT2D eigenvalue weighted by atomic mass is 10.1. The van der Waals surface area contributed by atoms with Crippen molar-refractivity contribution in [2.45, 2.75) is 39.7 Å². The summed E-state index contributed by atoms with van der Waals surface area (Å²) in [6, 6.07) is 5.63. The molecule has 1 aromatic carbocycles. The average Bonchev–Trinajstić information content (AvgIpc) is 2.26. The molecule has 0 amide bonds. The van der Waals surface area contributed by atoms with Gasteiger partial charge in [-0.05, 0) is 31.0 Å². The highest BCUT2D eigenvalue weighted by Gasteiger charge is 2.04. The van der Waals surface area contributed by atoms with Crippen LogP contribution in [0.1, 0.15) is 38.7 Å². The number of benzene rings is 1. The Balaban J connectivity index is 2.22. The highest BCUT2D eigenvalue weighted by molar-refractivity contribution is 6.35. The first kappa shape index (κ1) is 14.8. The number of hydrogen-bond acceptors (Lipinski definition) is 1. The van der Waals surface area contributed by atoms with Crippen LogP contribution in [0.2, 0.25) is 10.0 Å². The summed E-state index contributed by atoms with van der Waals surface area (Å²) in [5, 5.41) is 4.87. The third-order valence-corrected chi connectivity index (χ3v) is 3.46. The molecule has 1 N–H and O–H groups in total. The zero-order chi connectivity index (χ0) is 12.7. The number of halogens is 2. The van der Waals surface area contributed by atoms with Crippen LogP contribution in [0, 0.1) is 5.92 Å². The zero-order valence-electron chi connectivity index (χ0n) is 10.6. The Bertz CT molecular complexity index is 317. The molecule has 0 radical (unpaired) electrons. The minimum absolute atomic E-state index is 0.743. The molecule has 17 heavy (non-hydrogen) atoms. The third-order valence-electron chi connectivity index (χ3n) is 2.75. The van der Waals surface area contributed by atoms with Crippen LogP contribution < -0.4 is 5.32 Å². The standard InChI is InChI=1S/C14H21Cl2N/c1-11(2)6-3-4-9-17-10-12-13(15)7-5-8-14(12)16/h5,7-8,11,17H,3-4,6,9-10H2,1-2H3. The van der Waals surface area contributed by atoms with Crippen molar-refractivity contribution < 1.29 is 0 Å². The van der Waals surface area contributed by atoms with Crippen LogP contribution in [0.4, 0.5) is 0 Å². The SMILES string of the molecule is CC(C)CCCCNCc1c(Cl)cccc1Cl. The van der Waals surface area contributed by atoms with Crippen LogP contribution in [0.25, 0.3) is 0 Å². The van der Waals surface area contributed by atoms with Crippen molar-refractivity contribution in [2.24, 2.45) is 5.92 Å². The van der Waals surface area contributed by atoms with E-state index in [0.29, 0.717) is 0 Å². The van der Waals surface area contributed by atoms with Gasteiger partial charge in [-0.15, -0.1) is 0 Å². The van der Waals surface area contributed by atoms with Crippen molar-refractivity contribution in [2.75, 3.05) is 6.54 Å². The zero-order valence-corrected chi connectivity index (χ0v) is 12.1. The lowest BCUT2D eigenvalue weighted by Gasteiger charge is -2.09. The molecule has 0 aliphatic heterocycles. The van der Waals surface area contributed by atoms with Gasteiger partial charge in [0.15, 0.2) is 0 Å². The summed E-state index contributed by atoms with van der Waals surface area (Å²) in [4.78, 5) is 0. The third kappa shape index (κ3) is 5.76. The van der Waals surface area contributed by atoms with E-state index >= 15 is 0 Å². The molecule has 96 valence electrons. The van der Waals surface area contributed by atoms with E-state index in [0.717, 1.165) is 34.6 Å². The van der Waals surface area contributed by atoms with Gasteiger partial charge in [0, 0.05) is 22.2 Å². The molecular weight excluding hydrogens is 253 g/mol. The first-order chi connectivity index (χ1) is 8.11. The summed E-state index contributed by atoms with van der Waals surface area (Å²) in [7, 11) is 0. The molecule has 0 bridgehead atoms. The Morgan fingerprint density at radius 2 is 1.76 bits per heavy atom. The average molecular weight is 274 g/mol. The van der Waals surface area contributed by atoms with E-state index in [1.807, 2.05) is 18.2 Å². The molecule has 0 aliphatic rings. The smallest absolute Gasteiger partial charge is 0.0465 e.